The molecule has 0 aliphatic carbocycles. The summed E-state index contributed by atoms with van der Waals surface area (Å²) < 4.78 is 36.2. The molecule has 0 bridgehead atoms. The summed E-state index contributed by atoms with van der Waals surface area (Å²) in [4.78, 5) is 13.3. The lowest BCUT2D eigenvalue weighted by molar-refractivity contribution is 0.102. The third-order valence-electron chi connectivity index (χ3n) is 5.09. The molecule has 4 aromatic rings. The summed E-state index contributed by atoms with van der Waals surface area (Å²) in [6.45, 7) is 5.48. The van der Waals surface area contributed by atoms with Crippen molar-refractivity contribution in [3.63, 3.8) is 0 Å². The second-order valence-electron chi connectivity index (χ2n) is 7.58. The summed E-state index contributed by atoms with van der Waals surface area (Å²) >= 11 is 0. The van der Waals surface area contributed by atoms with Gasteiger partial charge in [-0.2, -0.15) is 0 Å². The van der Waals surface area contributed by atoms with Gasteiger partial charge in [-0.05, 0) is 55.8 Å². The first-order valence-corrected chi connectivity index (χ1v) is 12.0. The fourth-order valence-corrected chi connectivity index (χ4v) is 4.49. The molecule has 0 atom stereocenters. The summed E-state index contributed by atoms with van der Waals surface area (Å²) in [6.07, 6.45) is 0. The first kappa shape index (κ1) is 22.5. The van der Waals surface area contributed by atoms with Crippen LogP contribution in [0.3, 0.4) is 0 Å². The number of hydrogen-bond donors (Lipinski definition) is 1. The molecule has 1 heterocycles. The van der Waals surface area contributed by atoms with Gasteiger partial charge in [0.25, 0.3) is 5.91 Å². The molecule has 1 aromatic heterocycles. The van der Waals surface area contributed by atoms with Gasteiger partial charge in [-0.15, -0.1) is 5.10 Å². The molecular formula is C24H23N3O5S. The van der Waals surface area contributed by atoms with Crippen LogP contribution in [-0.2, 0) is 9.84 Å². The quantitative estimate of drug-likeness (QED) is 0.420. The number of carbonyl (C=O) groups excluding carboxylic acids is 1. The monoisotopic (exact) mass is 465 g/mol. The van der Waals surface area contributed by atoms with Crippen LogP contribution in [0.1, 0.15) is 31.1 Å². The van der Waals surface area contributed by atoms with Gasteiger partial charge < -0.3 is 9.15 Å². The Bertz CT molecular complexity index is 1430. The van der Waals surface area contributed by atoms with Crippen molar-refractivity contribution in [2.24, 2.45) is 0 Å². The molecule has 0 saturated heterocycles. The number of fused-ring (bicyclic) bond motifs is 1. The largest absolute Gasteiger partial charge is 0.493 e. The summed E-state index contributed by atoms with van der Waals surface area (Å²) in [5.74, 6) is 0.0793. The molecule has 0 spiro atoms. The molecule has 0 aliphatic heterocycles. The van der Waals surface area contributed by atoms with E-state index in [4.69, 9.17) is 9.15 Å². The maximum absolute atomic E-state index is 13.1. The highest BCUT2D eigenvalue weighted by Crippen LogP contribution is 2.30. The molecule has 1 amide bonds. The average molecular weight is 466 g/mol. The number of carbonyl (C=O) groups is 1. The van der Waals surface area contributed by atoms with Crippen LogP contribution in [0.2, 0.25) is 0 Å². The number of nitrogens with zero attached hydrogens (tertiary/aromatic N) is 2. The number of rotatable bonds is 7. The van der Waals surface area contributed by atoms with Gasteiger partial charge in [0.15, 0.2) is 9.84 Å². The van der Waals surface area contributed by atoms with Gasteiger partial charge in [0, 0.05) is 5.56 Å². The third kappa shape index (κ3) is 4.45. The van der Waals surface area contributed by atoms with Crippen LogP contribution in [0.4, 0.5) is 6.01 Å². The molecule has 1 N–H and O–H groups in total. The maximum Gasteiger partial charge on any atom is 0.322 e. The maximum atomic E-state index is 13.1. The minimum atomic E-state index is -3.46. The topological polar surface area (TPSA) is 111 Å². The van der Waals surface area contributed by atoms with Gasteiger partial charge in [-0.1, -0.05) is 41.5 Å². The van der Waals surface area contributed by atoms with E-state index in [-0.39, 0.29) is 16.8 Å². The molecule has 9 heteroatoms. The van der Waals surface area contributed by atoms with E-state index >= 15 is 0 Å². The Kier molecular flexibility index (Phi) is 6.15. The van der Waals surface area contributed by atoms with E-state index in [1.165, 1.54) is 12.1 Å². The van der Waals surface area contributed by atoms with Crippen LogP contribution in [0.15, 0.2) is 70.0 Å². The Morgan fingerprint density at radius 1 is 1.06 bits per heavy atom. The Morgan fingerprint density at radius 2 is 1.85 bits per heavy atom. The predicted molar refractivity (Wildman–Crippen MR) is 125 cm³/mol. The van der Waals surface area contributed by atoms with Crippen molar-refractivity contribution in [2.45, 2.75) is 30.9 Å². The number of benzene rings is 3. The second kappa shape index (κ2) is 9.03. The van der Waals surface area contributed by atoms with Crippen LogP contribution in [-0.4, -0.2) is 36.4 Å². The van der Waals surface area contributed by atoms with Gasteiger partial charge in [-0.3, -0.25) is 10.1 Å². The first-order valence-electron chi connectivity index (χ1n) is 10.4. The average Bonchev–Trinajstić information content (AvgIpc) is 3.27. The minimum Gasteiger partial charge on any atom is -0.493 e. The Labute approximate surface area is 191 Å². The van der Waals surface area contributed by atoms with Crippen molar-refractivity contribution in [3.05, 3.63) is 66.2 Å². The molecule has 0 radical (unpaired) electrons. The third-order valence-corrected chi connectivity index (χ3v) is 7.25. The summed E-state index contributed by atoms with van der Waals surface area (Å²) in [5.41, 5.74) is 0.796. The van der Waals surface area contributed by atoms with E-state index in [2.05, 4.69) is 15.5 Å². The fourth-order valence-electron chi connectivity index (χ4n) is 3.39. The first-order chi connectivity index (χ1) is 15.8. The van der Waals surface area contributed by atoms with Crippen molar-refractivity contribution in [2.75, 3.05) is 11.9 Å². The van der Waals surface area contributed by atoms with Crippen molar-refractivity contribution in [1.82, 2.24) is 10.2 Å². The van der Waals surface area contributed by atoms with Crippen LogP contribution in [0.25, 0.3) is 22.2 Å². The zero-order valence-electron chi connectivity index (χ0n) is 18.4. The van der Waals surface area contributed by atoms with E-state index in [1.807, 2.05) is 37.3 Å². The van der Waals surface area contributed by atoms with Gasteiger partial charge in [0.2, 0.25) is 5.89 Å². The number of hydrogen-bond acceptors (Lipinski definition) is 7. The van der Waals surface area contributed by atoms with Crippen molar-refractivity contribution in [3.8, 4) is 17.2 Å². The molecule has 0 aliphatic rings. The predicted octanol–water partition coefficient (Wildman–Crippen LogP) is 4.72. The number of nitrogens with one attached hydrogen (secondary N) is 1. The van der Waals surface area contributed by atoms with Crippen LogP contribution in [0.5, 0.6) is 5.75 Å². The van der Waals surface area contributed by atoms with Gasteiger partial charge in [0.05, 0.1) is 22.3 Å². The van der Waals surface area contributed by atoms with Crippen molar-refractivity contribution in [1.29, 1.82) is 0 Å². The zero-order chi connectivity index (χ0) is 23.6. The van der Waals surface area contributed by atoms with E-state index in [1.54, 1.807) is 32.0 Å². The molecule has 0 fully saturated rings. The van der Waals surface area contributed by atoms with Gasteiger partial charge >= 0.3 is 6.01 Å². The highest BCUT2D eigenvalue weighted by Gasteiger charge is 2.22. The van der Waals surface area contributed by atoms with Crippen LogP contribution in [0, 0.1) is 0 Å². The van der Waals surface area contributed by atoms with E-state index < -0.39 is 21.0 Å². The highest BCUT2D eigenvalue weighted by atomic mass is 32.2. The second-order valence-corrected chi connectivity index (χ2v) is 10.1. The van der Waals surface area contributed by atoms with Crippen LogP contribution < -0.4 is 10.1 Å². The Balaban J connectivity index is 1.64. The summed E-state index contributed by atoms with van der Waals surface area (Å²) in [7, 11) is -3.46. The molecule has 170 valence electrons. The highest BCUT2D eigenvalue weighted by molar-refractivity contribution is 7.92. The molecule has 0 saturated carbocycles. The molecule has 0 unspecified atom stereocenters. The minimum absolute atomic E-state index is 0.0917. The lowest BCUT2D eigenvalue weighted by Crippen LogP contribution is -2.14. The van der Waals surface area contributed by atoms with E-state index in [0.29, 0.717) is 23.5 Å². The lowest BCUT2D eigenvalue weighted by atomic mass is 10.0. The standard InChI is InChI=1S/C24H23N3O5S/c1-4-31-20-13-12-16-8-5-6-11-19(16)21(20)22(28)25-24-27-26-23(32-24)17-9-7-10-18(14-17)33(29,30)15(2)3/h5-15H,4H2,1-3H3,(H,25,27,28). The smallest absolute Gasteiger partial charge is 0.322 e. The number of sulfone groups is 1. The zero-order valence-corrected chi connectivity index (χ0v) is 19.2. The van der Waals surface area contributed by atoms with Gasteiger partial charge in [0.1, 0.15) is 5.75 Å². The van der Waals surface area contributed by atoms with Crippen molar-refractivity contribution >= 4 is 32.5 Å². The number of amides is 1. The SMILES string of the molecule is CCOc1ccc2ccccc2c1C(=O)Nc1nnc(-c2cccc(S(=O)(=O)C(C)C)c2)o1. The van der Waals surface area contributed by atoms with E-state index in [9.17, 15) is 13.2 Å². The number of anilines is 1. The molecular weight excluding hydrogens is 442 g/mol. The summed E-state index contributed by atoms with van der Waals surface area (Å²) in [5, 5.41) is 11.5. The number of ether oxygens (including phenoxy) is 1. The molecule has 8 nitrogen and oxygen atoms in total. The fraction of sp³-hybridized carbons (Fsp3) is 0.208. The molecule has 3 aromatic carbocycles. The molecule has 4 rings (SSSR count). The summed E-state index contributed by atoms with van der Waals surface area (Å²) in [6, 6.07) is 17.3. The normalized spacial score (nSPS) is 11.6. The van der Waals surface area contributed by atoms with Crippen LogP contribution >= 0.6 is 0 Å². The lowest BCUT2D eigenvalue weighted by Gasteiger charge is -2.12. The molecule has 33 heavy (non-hydrogen) atoms. The Morgan fingerprint density at radius 3 is 2.61 bits per heavy atom. The van der Waals surface area contributed by atoms with Crippen molar-refractivity contribution < 1.29 is 22.4 Å². The Hall–Kier alpha value is -3.72. The van der Waals surface area contributed by atoms with Gasteiger partial charge in [-0.25, -0.2) is 8.42 Å². The number of aromatic nitrogens is 2. The van der Waals surface area contributed by atoms with E-state index in [0.717, 1.165) is 10.8 Å².